The maximum atomic E-state index is 12.6. The van der Waals surface area contributed by atoms with Crippen LogP contribution in [0.5, 0.6) is 23.0 Å². The van der Waals surface area contributed by atoms with Gasteiger partial charge in [0.25, 0.3) is 0 Å². The molecule has 0 fully saturated rings. The first-order valence-corrected chi connectivity index (χ1v) is 9.20. The number of ether oxygens (including phenoxy) is 4. The quantitative estimate of drug-likeness (QED) is 0.869. The SMILES string of the molecule is COc1ccc2c(c1)OCCC2NC(=O)Cc1cc(Cl)c2c(c1)OCCO2. The standard InChI is InChI=1S/C20H20ClNO5/c1-24-13-2-3-14-16(4-5-25-17(14)11-13)22-19(23)10-12-8-15(21)20-18(9-12)26-6-7-27-20/h2-3,8-9,11,16H,4-7,10H2,1H3,(H,22,23). The van der Waals surface area contributed by atoms with E-state index in [2.05, 4.69) is 5.32 Å². The van der Waals surface area contributed by atoms with E-state index < -0.39 is 0 Å². The maximum absolute atomic E-state index is 12.6. The Balaban J connectivity index is 1.47. The lowest BCUT2D eigenvalue weighted by molar-refractivity contribution is -0.121. The van der Waals surface area contributed by atoms with E-state index in [1.807, 2.05) is 24.3 Å². The minimum Gasteiger partial charge on any atom is -0.497 e. The third-order valence-electron chi connectivity index (χ3n) is 4.62. The number of fused-ring (bicyclic) bond motifs is 2. The van der Waals surface area contributed by atoms with Gasteiger partial charge >= 0.3 is 0 Å². The topological polar surface area (TPSA) is 66.0 Å². The summed E-state index contributed by atoms with van der Waals surface area (Å²) in [5, 5.41) is 3.54. The molecule has 142 valence electrons. The zero-order chi connectivity index (χ0) is 18.8. The van der Waals surface area contributed by atoms with E-state index in [1.54, 1.807) is 13.2 Å². The van der Waals surface area contributed by atoms with E-state index in [9.17, 15) is 4.79 Å². The number of carbonyl (C=O) groups is 1. The summed E-state index contributed by atoms with van der Waals surface area (Å²) in [6, 6.07) is 9.10. The van der Waals surface area contributed by atoms with Crippen LogP contribution >= 0.6 is 11.6 Å². The molecule has 0 radical (unpaired) electrons. The molecular formula is C20H20ClNO5. The molecule has 4 rings (SSSR count). The van der Waals surface area contributed by atoms with Crippen LogP contribution in [0.2, 0.25) is 5.02 Å². The minimum atomic E-state index is -0.0974. The fraction of sp³-hybridized carbons (Fsp3) is 0.350. The Labute approximate surface area is 162 Å². The van der Waals surface area contributed by atoms with Gasteiger partial charge in [-0.15, -0.1) is 0 Å². The molecule has 0 bridgehead atoms. The molecule has 1 N–H and O–H groups in total. The number of benzene rings is 2. The van der Waals surface area contributed by atoms with E-state index in [1.165, 1.54) is 0 Å². The second-order valence-electron chi connectivity index (χ2n) is 6.44. The summed E-state index contributed by atoms with van der Waals surface area (Å²) in [7, 11) is 1.61. The number of carbonyl (C=O) groups excluding carboxylic acids is 1. The summed E-state index contributed by atoms with van der Waals surface area (Å²) >= 11 is 6.25. The molecule has 1 unspecified atom stereocenters. The minimum absolute atomic E-state index is 0.0867. The first kappa shape index (κ1) is 17.8. The third kappa shape index (κ3) is 3.76. The highest BCUT2D eigenvalue weighted by atomic mass is 35.5. The highest BCUT2D eigenvalue weighted by Gasteiger charge is 2.24. The van der Waals surface area contributed by atoms with Crippen LogP contribution in [-0.2, 0) is 11.2 Å². The fourth-order valence-electron chi connectivity index (χ4n) is 3.34. The number of nitrogens with one attached hydrogen (secondary N) is 1. The highest BCUT2D eigenvalue weighted by Crippen LogP contribution is 2.39. The molecule has 0 aromatic heterocycles. The van der Waals surface area contributed by atoms with Crippen molar-refractivity contribution in [2.75, 3.05) is 26.9 Å². The predicted molar refractivity (Wildman–Crippen MR) is 100 cm³/mol. The molecule has 0 saturated carbocycles. The molecule has 2 aromatic rings. The maximum Gasteiger partial charge on any atom is 0.224 e. The Morgan fingerprint density at radius 2 is 1.96 bits per heavy atom. The van der Waals surface area contributed by atoms with Gasteiger partial charge in [-0.05, 0) is 29.8 Å². The molecule has 2 aliphatic heterocycles. The largest absolute Gasteiger partial charge is 0.497 e. The highest BCUT2D eigenvalue weighted by molar-refractivity contribution is 6.32. The van der Waals surface area contributed by atoms with Crippen molar-refractivity contribution in [3.8, 4) is 23.0 Å². The Morgan fingerprint density at radius 3 is 2.81 bits per heavy atom. The second kappa shape index (κ2) is 7.56. The lowest BCUT2D eigenvalue weighted by atomic mass is 9.99. The molecule has 2 heterocycles. The van der Waals surface area contributed by atoms with E-state index in [-0.39, 0.29) is 18.4 Å². The number of hydrogen-bond acceptors (Lipinski definition) is 5. The first-order valence-electron chi connectivity index (χ1n) is 8.82. The van der Waals surface area contributed by atoms with Gasteiger partial charge in [0, 0.05) is 18.1 Å². The molecule has 2 aliphatic rings. The van der Waals surface area contributed by atoms with Crippen LogP contribution in [-0.4, -0.2) is 32.8 Å². The lowest BCUT2D eigenvalue weighted by Gasteiger charge is -2.27. The number of methoxy groups -OCH3 is 1. The van der Waals surface area contributed by atoms with Crippen LogP contribution in [0.4, 0.5) is 0 Å². The third-order valence-corrected chi connectivity index (χ3v) is 4.90. The molecule has 27 heavy (non-hydrogen) atoms. The Hall–Kier alpha value is -2.60. The van der Waals surface area contributed by atoms with Gasteiger partial charge in [-0.1, -0.05) is 11.6 Å². The molecule has 0 spiro atoms. The smallest absolute Gasteiger partial charge is 0.224 e. The Morgan fingerprint density at radius 1 is 1.15 bits per heavy atom. The van der Waals surface area contributed by atoms with Crippen molar-refractivity contribution in [1.82, 2.24) is 5.32 Å². The lowest BCUT2D eigenvalue weighted by Crippen LogP contribution is -2.33. The van der Waals surface area contributed by atoms with Crippen molar-refractivity contribution in [3.05, 3.63) is 46.5 Å². The fourth-order valence-corrected chi connectivity index (χ4v) is 3.63. The van der Waals surface area contributed by atoms with Gasteiger partial charge in [0.15, 0.2) is 11.5 Å². The van der Waals surface area contributed by atoms with Gasteiger partial charge in [-0.3, -0.25) is 4.79 Å². The predicted octanol–water partition coefficient (Wildman–Crippen LogP) is 3.30. The van der Waals surface area contributed by atoms with Crippen molar-refractivity contribution in [2.45, 2.75) is 18.9 Å². The van der Waals surface area contributed by atoms with Gasteiger partial charge in [0.05, 0.1) is 31.2 Å². The van der Waals surface area contributed by atoms with Crippen molar-refractivity contribution < 1.29 is 23.7 Å². The zero-order valence-electron chi connectivity index (χ0n) is 14.9. The summed E-state index contributed by atoms with van der Waals surface area (Å²) < 4.78 is 22.0. The van der Waals surface area contributed by atoms with Crippen LogP contribution in [0.25, 0.3) is 0 Å². The van der Waals surface area contributed by atoms with Crippen molar-refractivity contribution >= 4 is 17.5 Å². The Kier molecular flexibility index (Phi) is 4.99. The van der Waals surface area contributed by atoms with Crippen LogP contribution in [0.1, 0.15) is 23.6 Å². The number of amides is 1. The Bertz CT molecular complexity index is 870. The summed E-state index contributed by atoms with van der Waals surface area (Å²) in [6.45, 7) is 1.49. The molecule has 7 heteroatoms. The number of hydrogen-bond donors (Lipinski definition) is 1. The van der Waals surface area contributed by atoms with Crippen LogP contribution < -0.4 is 24.3 Å². The molecule has 0 saturated heterocycles. The van der Waals surface area contributed by atoms with Gasteiger partial charge in [0.1, 0.15) is 24.7 Å². The van der Waals surface area contributed by atoms with E-state index >= 15 is 0 Å². The van der Waals surface area contributed by atoms with Gasteiger partial charge < -0.3 is 24.3 Å². The number of halogens is 1. The van der Waals surface area contributed by atoms with E-state index in [4.69, 9.17) is 30.5 Å². The molecule has 1 amide bonds. The van der Waals surface area contributed by atoms with E-state index in [0.29, 0.717) is 42.8 Å². The van der Waals surface area contributed by atoms with Gasteiger partial charge in [-0.2, -0.15) is 0 Å². The van der Waals surface area contributed by atoms with Gasteiger partial charge in [0.2, 0.25) is 5.91 Å². The average Bonchev–Trinajstić information content (AvgIpc) is 2.67. The molecule has 6 nitrogen and oxygen atoms in total. The molecular weight excluding hydrogens is 370 g/mol. The molecule has 2 aromatic carbocycles. The van der Waals surface area contributed by atoms with Crippen molar-refractivity contribution in [3.63, 3.8) is 0 Å². The zero-order valence-corrected chi connectivity index (χ0v) is 15.7. The van der Waals surface area contributed by atoms with Crippen LogP contribution in [0.15, 0.2) is 30.3 Å². The van der Waals surface area contributed by atoms with Crippen molar-refractivity contribution in [1.29, 1.82) is 0 Å². The summed E-state index contributed by atoms with van der Waals surface area (Å²) in [4.78, 5) is 12.6. The van der Waals surface area contributed by atoms with Crippen molar-refractivity contribution in [2.24, 2.45) is 0 Å². The van der Waals surface area contributed by atoms with Crippen LogP contribution in [0.3, 0.4) is 0 Å². The summed E-state index contributed by atoms with van der Waals surface area (Å²) in [5.74, 6) is 2.51. The average molecular weight is 390 g/mol. The van der Waals surface area contributed by atoms with Gasteiger partial charge in [-0.25, -0.2) is 0 Å². The molecule has 1 atom stereocenters. The monoisotopic (exact) mass is 389 g/mol. The summed E-state index contributed by atoms with van der Waals surface area (Å²) in [6.07, 6.45) is 0.923. The summed E-state index contributed by atoms with van der Waals surface area (Å²) in [5.41, 5.74) is 1.74. The normalized spacial score (nSPS) is 17.5. The molecule has 0 aliphatic carbocycles. The van der Waals surface area contributed by atoms with Crippen LogP contribution in [0, 0.1) is 0 Å². The second-order valence-corrected chi connectivity index (χ2v) is 6.85. The first-order chi connectivity index (χ1) is 13.1. The van der Waals surface area contributed by atoms with E-state index in [0.717, 1.165) is 22.6 Å². The number of rotatable bonds is 4.